The van der Waals surface area contributed by atoms with Crippen molar-refractivity contribution in [1.29, 1.82) is 0 Å². The maximum Gasteiger partial charge on any atom is 0.338 e. The molecular formula is C34H31FN2O4S. The third-order valence-corrected chi connectivity index (χ3v) is 7.95. The topological polar surface area (TPSA) is 69.9 Å². The number of ether oxygens (including phenoxy) is 2. The minimum atomic E-state index is -0.651. The number of nitrogens with zero attached hydrogens (tertiary/aromatic N) is 2. The molecule has 214 valence electrons. The second kappa shape index (κ2) is 12.5. The van der Waals surface area contributed by atoms with Crippen LogP contribution in [0.1, 0.15) is 47.7 Å². The molecule has 0 aliphatic carbocycles. The average Bonchev–Trinajstić information content (AvgIpc) is 3.27. The lowest BCUT2D eigenvalue weighted by molar-refractivity contribution is -0.139. The smallest absolute Gasteiger partial charge is 0.338 e. The molecule has 1 atom stereocenters. The third kappa shape index (κ3) is 6.04. The van der Waals surface area contributed by atoms with Gasteiger partial charge in [0.25, 0.3) is 5.56 Å². The summed E-state index contributed by atoms with van der Waals surface area (Å²) in [7, 11) is 0. The highest BCUT2D eigenvalue weighted by atomic mass is 32.1. The van der Waals surface area contributed by atoms with E-state index in [4.69, 9.17) is 9.47 Å². The molecule has 8 heteroatoms. The lowest BCUT2D eigenvalue weighted by Crippen LogP contribution is -2.39. The Bertz CT molecular complexity index is 1850. The van der Waals surface area contributed by atoms with Gasteiger partial charge in [0.1, 0.15) is 18.2 Å². The monoisotopic (exact) mass is 582 g/mol. The summed E-state index contributed by atoms with van der Waals surface area (Å²) >= 11 is 1.28. The standard InChI is InChI=1S/C34H31FN2O4S/c1-5-7-26-18-24(12-17-28(26)41-20-23-10-15-27(35)16-11-23)19-29-32(38)37-31(25-13-8-21(3)9-14-25)30(33(39)40-6-2)22(4)36-34(37)42-29/h5,8-19,31H,1,6-7,20H2,2-4H3/b29-19+/t31-/m1/s1. The fraction of sp³-hybridized carbons (Fsp3) is 0.206. The van der Waals surface area contributed by atoms with E-state index in [1.165, 1.54) is 23.5 Å². The van der Waals surface area contributed by atoms with Crippen LogP contribution in [0.2, 0.25) is 0 Å². The summed E-state index contributed by atoms with van der Waals surface area (Å²) in [5, 5.41) is 0. The molecule has 0 radical (unpaired) electrons. The first kappa shape index (κ1) is 29.0. The predicted octanol–water partition coefficient (Wildman–Crippen LogP) is 5.55. The summed E-state index contributed by atoms with van der Waals surface area (Å²) in [6.45, 7) is 9.90. The van der Waals surface area contributed by atoms with E-state index in [0.29, 0.717) is 39.4 Å². The van der Waals surface area contributed by atoms with Gasteiger partial charge in [0.2, 0.25) is 0 Å². The number of rotatable bonds is 9. The number of aryl methyl sites for hydroxylation is 1. The van der Waals surface area contributed by atoms with Gasteiger partial charge in [-0.25, -0.2) is 14.2 Å². The first-order valence-corrected chi connectivity index (χ1v) is 14.5. The number of aromatic nitrogens is 1. The first-order chi connectivity index (χ1) is 20.3. The Balaban J connectivity index is 1.55. The minimum absolute atomic E-state index is 0.220. The van der Waals surface area contributed by atoms with E-state index in [9.17, 15) is 14.0 Å². The van der Waals surface area contributed by atoms with E-state index in [-0.39, 0.29) is 18.0 Å². The van der Waals surface area contributed by atoms with Gasteiger partial charge in [-0.3, -0.25) is 9.36 Å². The van der Waals surface area contributed by atoms with Gasteiger partial charge < -0.3 is 9.47 Å². The van der Waals surface area contributed by atoms with Crippen LogP contribution >= 0.6 is 11.3 Å². The number of halogens is 1. The Labute approximate surface area is 247 Å². The summed E-state index contributed by atoms with van der Waals surface area (Å²) in [5.41, 5.74) is 5.11. The van der Waals surface area contributed by atoms with Crippen molar-refractivity contribution < 1.29 is 18.7 Å². The number of allylic oxidation sites excluding steroid dienone is 2. The zero-order chi connectivity index (χ0) is 29.8. The zero-order valence-electron chi connectivity index (χ0n) is 23.7. The zero-order valence-corrected chi connectivity index (χ0v) is 24.5. The number of hydrogen-bond donors (Lipinski definition) is 0. The fourth-order valence-corrected chi connectivity index (χ4v) is 5.94. The van der Waals surface area contributed by atoms with Crippen molar-refractivity contribution in [2.75, 3.05) is 6.61 Å². The largest absolute Gasteiger partial charge is 0.489 e. The number of carbonyl (C=O) groups is 1. The molecule has 0 N–H and O–H groups in total. The number of carbonyl (C=O) groups excluding carboxylic acids is 1. The number of fused-ring (bicyclic) bond motifs is 1. The molecular weight excluding hydrogens is 551 g/mol. The SMILES string of the molecule is C=CCc1cc(/C=c2/sc3n(c2=O)[C@H](c2ccc(C)cc2)C(C(=O)OCC)=C(C)N=3)ccc1OCc1ccc(F)cc1. The molecule has 1 aliphatic heterocycles. The van der Waals surface area contributed by atoms with E-state index in [2.05, 4.69) is 11.6 Å². The summed E-state index contributed by atoms with van der Waals surface area (Å²) in [4.78, 5) is 32.1. The Morgan fingerprint density at radius 1 is 1.10 bits per heavy atom. The number of hydrogen-bond acceptors (Lipinski definition) is 6. The van der Waals surface area contributed by atoms with Gasteiger partial charge in [-0.1, -0.05) is 65.4 Å². The van der Waals surface area contributed by atoms with E-state index >= 15 is 0 Å². The van der Waals surface area contributed by atoms with Crippen molar-refractivity contribution in [3.63, 3.8) is 0 Å². The normalized spacial score (nSPS) is 14.8. The van der Waals surface area contributed by atoms with Crippen molar-refractivity contribution in [1.82, 2.24) is 4.57 Å². The minimum Gasteiger partial charge on any atom is -0.489 e. The molecule has 6 nitrogen and oxygen atoms in total. The lowest BCUT2D eigenvalue weighted by atomic mass is 9.95. The molecule has 1 aromatic heterocycles. The van der Waals surface area contributed by atoms with Gasteiger partial charge in [0.05, 0.1) is 28.5 Å². The third-order valence-electron chi connectivity index (χ3n) is 6.96. The quantitative estimate of drug-likeness (QED) is 0.192. The lowest BCUT2D eigenvalue weighted by Gasteiger charge is -2.24. The molecule has 42 heavy (non-hydrogen) atoms. The number of esters is 1. The Hall–Kier alpha value is -4.56. The predicted molar refractivity (Wildman–Crippen MR) is 163 cm³/mol. The second-order valence-electron chi connectivity index (χ2n) is 9.99. The van der Waals surface area contributed by atoms with Crippen molar-refractivity contribution in [2.24, 2.45) is 4.99 Å². The maximum atomic E-state index is 13.9. The van der Waals surface area contributed by atoms with Crippen LogP contribution in [0.15, 0.2) is 100 Å². The number of benzene rings is 3. The molecule has 4 aromatic rings. The second-order valence-corrected chi connectivity index (χ2v) is 11.0. The molecule has 0 spiro atoms. The Kier molecular flexibility index (Phi) is 8.64. The molecule has 3 aromatic carbocycles. The molecule has 0 unspecified atom stereocenters. The molecule has 0 saturated heterocycles. The highest BCUT2D eigenvalue weighted by Crippen LogP contribution is 2.31. The average molecular weight is 583 g/mol. The maximum absolute atomic E-state index is 13.9. The van der Waals surface area contributed by atoms with Crippen LogP contribution in [-0.4, -0.2) is 17.1 Å². The molecule has 0 amide bonds. The van der Waals surface area contributed by atoms with E-state index in [1.54, 1.807) is 36.6 Å². The van der Waals surface area contributed by atoms with Crippen molar-refractivity contribution >= 4 is 23.4 Å². The van der Waals surface area contributed by atoms with E-state index in [1.807, 2.05) is 55.5 Å². The Morgan fingerprint density at radius 2 is 1.83 bits per heavy atom. The fourth-order valence-electron chi connectivity index (χ4n) is 4.89. The van der Waals surface area contributed by atoms with Gasteiger partial charge in [0.15, 0.2) is 4.80 Å². The number of thiazole rings is 1. The highest BCUT2D eigenvalue weighted by molar-refractivity contribution is 7.07. The van der Waals surface area contributed by atoms with Crippen LogP contribution in [0.4, 0.5) is 4.39 Å². The molecule has 2 heterocycles. The first-order valence-electron chi connectivity index (χ1n) is 13.7. The summed E-state index contributed by atoms with van der Waals surface area (Å²) in [6, 6.07) is 19.0. The van der Waals surface area contributed by atoms with Crippen LogP contribution in [0.3, 0.4) is 0 Å². The summed E-state index contributed by atoms with van der Waals surface area (Å²) in [6.07, 6.45) is 4.19. The van der Waals surface area contributed by atoms with Gasteiger partial charge >= 0.3 is 5.97 Å². The van der Waals surface area contributed by atoms with Crippen molar-refractivity contribution in [3.8, 4) is 5.75 Å². The van der Waals surface area contributed by atoms with Crippen LogP contribution < -0.4 is 19.6 Å². The van der Waals surface area contributed by atoms with Crippen LogP contribution in [0.5, 0.6) is 5.75 Å². The molecule has 0 saturated carbocycles. The van der Waals surface area contributed by atoms with Gasteiger partial charge in [-0.15, -0.1) is 6.58 Å². The van der Waals surface area contributed by atoms with Crippen LogP contribution in [0.25, 0.3) is 6.08 Å². The molecule has 5 rings (SSSR count). The van der Waals surface area contributed by atoms with E-state index in [0.717, 1.165) is 27.8 Å². The van der Waals surface area contributed by atoms with Gasteiger partial charge in [-0.2, -0.15) is 0 Å². The molecule has 0 fully saturated rings. The van der Waals surface area contributed by atoms with Gasteiger partial charge in [-0.05, 0) is 79.8 Å². The summed E-state index contributed by atoms with van der Waals surface area (Å²) < 4.78 is 26.8. The Morgan fingerprint density at radius 3 is 2.52 bits per heavy atom. The van der Waals surface area contributed by atoms with E-state index < -0.39 is 12.0 Å². The summed E-state index contributed by atoms with van der Waals surface area (Å²) in [5.74, 6) is -0.0889. The van der Waals surface area contributed by atoms with Crippen LogP contribution in [0, 0.1) is 12.7 Å². The van der Waals surface area contributed by atoms with Crippen molar-refractivity contribution in [2.45, 2.75) is 39.8 Å². The van der Waals surface area contributed by atoms with Gasteiger partial charge in [0, 0.05) is 0 Å². The van der Waals surface area contributed by atoms with Crippen LogP contribution in [-0.2, 0) is 22.6 Å². The molecule has 1 aliphatic rings. The molecule has 0 bridgehead atoms. The highest BCUT2D eigenvalue weighted by Gasteiger charge is 2.33. The van der Waals surface area contributed by atoms with Crippen molar-refractivity contribution in [3.05, 3.63) is 144 Å².